The summed E-state index contributed by atoms with van der Waals surface area (Å²) in [5, 5.41) is 21.3. The van der Waals surface area contributed by atoms with E-state index in [4.69, 9.17) is 0 Å². The summed E-state index contributed by atoms with van der Waals surface area (Å²) in [5.74, 6) is 0.579. The largest absolute Gasteiger partial charge is 0.380 e. The average molecular weight is 276 g/mol. The molecule has 0 bridgehead atoms. The van der Waals surface area contributed by atoms with E-state index in [1.54, 1.807) is 36.3 Å². The van der Waals surface area contributed by atoms with Gasteiger partial charge in [0.15, 0.2) is 5.82 Å². The monoisotopic (exact) mass is 276 g/mol. The maximum atomic E-state index is 11.2. The molecule has 0 atom stereocenters. The number of para-hydroxylation sites is 1. The maximum Gasteiger partial charge on any atom is 0.315 e. The molecule has 0 unspecified atom stereocenters. The Balaban J connectivity index is 2.22. The number of nitrogens with one attached hydrogen (secondary N) is 2. The van der Waals surface area contributed by atoms with Gasteiger partial charge >= 0.3 is 5.69 Å². The van der Waals surface area contributed by atoms with Crippen LogP contribution in [0.3, 0.4) is 0 Å². The second-order valence-corrected chi connectivity index (χ2v) is 4.18. The lowest BCUT2D eigenvalue weighted by atomic mass is 10.2. The van der Waals surface area contributed by atoms with E-state index in [0.717, 1.165) is 0 Å². The van der Waals surface area contributed by atoms with Crippen molar-refractivity contribution in [3.63, 3.8) is 0 Å². The molecule has 0 saturated carbocycles. The first kappa shape index (κ1) is 13.8. The highest BCUT2D eigenvalue weighted by Crippen LogP contribution is 2.32. The highest BCUT2D eigenvalue weighted by Gasteiger charge is 2.19. The summed E-state index contributed by atoms with van der Waals surface area (Å²) in [4.78, 5) is 14.9. The summed E-state index contributed by atoms with van der Waals surface area (Å²) in [7, 11) is 1.77. The quantitative estimate of drug-likeness (QED) is 0.616. The highest BCUT2D eigenvalue weighted by molar-refractivity contribution is 5.76. The molecule has 0 saturated heterocycles. The number of hydrogen-bond donors (Lipinski definition) is 2. The molecule has 0 spiro atoms. The zero-order valence-corrected chi connectivity index (χ0v) is 11.3. The standard InChI is InChI=1S/C12H16N6O2/c1-3-13-9-5-4-6-10(12(9)18(19)20)14-7-11-15-8-17(2)16-11/h4-6,8,13-14H,3,7H2,1-2H3. The molecular weight excluding hydrogens is 260 g/mol. The maximum absolute atomic E-state index is 11.2. The second kappa shape index (κ2) is 6.00. The molecule has 0 aliphatic rings. The molecule has 8 heteroatoms. The third-order valence-corrected chi connectivity index (χ3v) is 2.67. The zero-order chi connectivity index (χ0) is 14.5. The number of aryl methyl sites for hydroxylation is 1. The van der Waals surface area contributed by atoms with Crippen molar-refractivity contribution in [2.75, 3.05) is 17.2 Å². The van der Waals surface area contributed by atoms with Crippen molar-refractivity contribution in [3.05, 3.63) is 40.5 Å². The van der Waals surface area contributed by atoms with Crippen LogP contribution in [-0.4, -0.2) is 26.2 Å². The van der Waals surface area contributed by atoms with Crippen LogP contribution in [0.15, 0.2) is 24.5 Å². The Labute approximate surface area is 116 Å². The summed E-state index contributed by atoms with van der Waals surface area (Å²) in [6, 6.07) is 5.12. The van der Waals surface area contributed by atoms with E-state index < -0.39 is 4.92 Å². The first-order valence-electron chi connectivity index (χ1n) is 6.21. The molecule has 0 aliphatic carbocycles. The van der Waals surface area contributed by atoms with Crippen molar-refractivity contribution in [1.82, 2.24) is 14.8 Å². The van der Waals surface area contributed by atoms with Crippen LogP contribution in [-0.2, 0) is 13.6 Å². The van der Waals surface area contributed by atoms with Crippen molar-refractivity contribution in [2.45, 2.75) is 13.5 Å². The predicted molar refractivity (Wildman–Crippen MR) is 75.6 cm³/mol. The van der Waals surface area contributed by atoms with Crippen LogP contribution in [0.1, 0.15) is 12.7 Å². The van der Waals surface area contributed by atoms with Crippen LogP contribution in [0.25, 0.3) is 0 Å². The van der Waals surface area contributed by atoms with Crippen molar-refractivity contribution >= 4 is 17.1 Å². The van der Waals surface area contributed by atoms with Crippen LogP contribution >= 0.6 is 0 Å². The third kappa shape index (κ3) is 3.02. The third-order valence-electron chi connectivity index (χ3n) is 2.67. The van der Waals surface area contributed by atoms with Crippen molar-refractivity contribution < 1.29 is 4.92 Å². The number of nitrogens with zero attached hydrogens (tertiary/aromatic N) is 4. The summed E-state index contributed by atoms with van der Waals surface area (Å²) in [6.45, 7) is 2.84. The topological polar surface area (TPSA) is 97.9 Å². The summed E-state index contributed by atoms with van der Waals surface area (Å²) in [5.41, 5.74) is 0.975. The van der Waals surface area contributed by atoms with Crippen LogP contribution < -0.4 is 10.6 Å². The average Bonchev–Trinajstić information content (AvgIpc) is 2.82. The number of nitro groups is 1. The lowest BCUT2D eigenvalue weighted by Gasteiger charge is -2.09. The number of aromatic nitrogens is 3. The SMILES string of the molecule is CCNc1cccc(NCc2ncn(C)n2)c1[N+](=O)[O-]. The Morgan fingerprint density at radius 1 is 1.35 bits per heavy atom. The highest BCUT2D eigenvalue weighted by atomic mass is 16.6. The van der Waals surface area contributed by atoms with Gasteiger partial charge in [-0.3, -0.25) is 14.8 Å². The lowest BCUT2D eigenvalue weighted by Crippen LogP contribution is -2.07. The Hall–Kier alpha value is -2.64. The van der Waals surface area contributed by atoms with Crippen LogP contribution in [0, 0.1) is 10.1 Å². The van der Waals surface area contributed by atoms with Crippen molar-refractivity contribution in [2.24, 2.45) is 7.05 Å². The zero-order valence-electron chi connectivity index (χ0n) is 11.3. The van der Waals surface area contributed by atoms with E-state index in [1.165, 1.54) is 0 Å². The van der Waals surface area contributed by atoms with Gasteiger partial charge in [-0.15, -0.1) is 0 Å². The fourth-order valence-electron chi connectivity index (χ4n) is 1.86. The van der Waals surface area contributed by atoms with Crippen LogP contribution in [0.2, 0.25) is 0 Å². The van der Waals surface area contributed by atoms with E-state index in [2.05, 4.69) is 20.7 Å². The summed E-state index contributed by atoms with van der Waals surface area (Å²) in [6.07, 6.45) is 1.58. The molecule has 2 N–H and O–H groups in total. The minimum atomic E-state index is -0.397. The Morgan fingerprint density at radius 3 is 2.60 bits per heavy atom. The number of benzene rings is 1. The minimum Gasteiger partial charge on any atom is -0.380 e. The molecule has 0 aliphatic heterocycles. The molecule has 0 fully saturated rings. The van der Waals surface area contributed by atoms with E-state index in [-0.39, 0.29) is 5.69 Å². The van der Waals surface area contributed by atoms with Gasteiger partial charge in [0.2, 0.25) is 0 Å². The number of nitro benzene ring substituents is 1. The molecule has 1 aromatic heterocycles. The number of rotatable bonds is 6. The Bertz CT molecular complexity index is 610. The number of anilines is 2. The normalized spacial score (nSPS) is 10.3. The van der Waals surface area contributed by atoms with Gasteiger partial charge in [-0.05, 0) is 19.1 Å². The Morgan fingerprint density at radius 2 is 2.05 bits per heavy atom. The van der Waals surface area contributed by atoms with Gasteiger partial charge in [0, 0.05) is 13.6 Å². The fourth-order valence-corrected chi connectivity index (χ4v) is 1.86. The Kier molecular flexibility index (Phi) is 4.14. The molecule has 2 rings (SSSR count). The first-order valence-corrected chi connectivity index (χ1v) is 6.21. The smallest absolute Gasteiger partial charge is 0.315 e. The number of hydrogen-bond acceptors (Lipinski definition) is 6. The van der Waals surface area contributed by atoms with Gasteiger partial charge in [0.1, 0.15) is 17.7 Å². The minimum absolute atomic E-state index is 0.0327. The van der Waals surface area contributed by atoms with Gasteiger partial charge in [0.25, 0.3) is 0 Å². The van der Waals surface area contributed by atoms with Crippen molar-refractivity contribution in [3.8, 4) is 0 Å². The van der Waals surface area contributed by atoms with Gasteiger partial charge < -0.3 is 10.6 Å². The first-order chi connectivity index (χ1) is 9.61. The van der Waals surface area contributed by atoms with Crippen LogP contribution in [0.5, 0.6) is 0 Å². The molecule has 106 valence electrons. The molecule has 0 amide bonds. The van der Waals surface area contributed by atoms with E-state index >= 15 is 0 Å². The lowest BCUT2D eigenvalue weighted by molar-refractivity contribution is -0.383. The van der Waals surface area contributed by atoms with Gasteiger partial charge in [-0.2, -0.15) is 5.10 Å². The molecule has 0 radical (unpaired) electrons. The van der Waals surface area contributed by atoms with Gasteiger partial charge in [-0.1, -0.05) is 6.07 Å². The van der Waals surface area contributed by atoms with E-state index in [0.29, 0.717) is 30.3 Å². The molecule has 1 heterocycles. The molecule has 2 aromatic rings. The predicted octanol–water partition coefficient (Wildman–Crippen LogP) is 1.77. The van der Waals surface area contributed by atoms with E-state index in [9.17, 15) is 10.1 Å². The molecule has 1 aromatic carbocycles. The van der Waals surface area contributed by atoms with Gasteiger partial charge in [-0.25, -0.2) is 4.98 Å². The fraction of sp³-hybridized carbons (Fsp3) is 0.333. The van der Waals surface area contributed by atoms with Gasteiger partial charge in [0.05, 0.1) is 11.5 Å². The summed E-state index contributed by atoms with van der Waals surface area (Å²) >= 11 is 0. The second-order valence-electron chi connectivity index (χ2n) is 4.18. The summed E-state index contributed by atoms with van der Waals surface area (Å²) < 4.78 is 1.58. The van der Waals surface area contributed by atoms with Crippen molar-refractivity contribution in [1.29, 1.82) is 0 Å². The van der Waals surface area contributed by atoms with E-state index in [1.807, 2.05) is 6.92 Å². The molecule has 8 nitrogen and oxygen atoms in total. The van der Waals surface area contributed by atoms with Crippen LogP contribution in [0.4, 0.5) is 17.1 Å². The molecular formula is C12H16N6O2. The molecule has 20 heavy (non-hydrogen) atoms.